The lowest BCUT2D eigenvalue weighted by atomic mass is 10.1. The topological polar surface area (TPSA) is 247 Å². The van der Waals surface area contributed by atoms with Crippen molar-refractivity contribution in [2.24, 2.45) is 20.5 Å². The predicted octanol–water partition coefficient (Wildman–Crippen LogP) is 10.4. The average molecular weight is 891 g/mol. The van der Waals surface area contributed by atoms with Crippen LogP contribution >= 0.6 is 0 Å². The molecule has 7 aromatic rings. The molecule has 0 saturated carbocycles. The summed E-state index contributed by atoms with van der Waals surface area (Å²) in [4.78, 5) is 12.8. The van der Waals surface area contributed by atoms with Gasteiger partial charge >= 0.3 is 0 Å². The molecule has 0 aliphatic rings. The third-order valence-corrected chi connectivity index (χ3v) is 11.2. The predicted molar refractivity (Wildman–Crippen MR) is 238 cm³/mol. The Hall–Kier alpha value is -7.45. The second kappa shape index (κ2) is 18.7. The summed E-state index contributed by atoms with van der Waals surface area (Å²) in [6, 6.07) is 35.0. The summed E-state index contributed by atoms with van der Waals surface area (Å²) in [6.45, 7) is -0.0864. The number of hydrogen-bond donors (Lipinski definition) is 5. The minimum Gasteiger partial charge on any atom is -0.505 e. The van der Waals surface area contributed by atoms with Gasteiger partial charge in [0.05, 0.1) is 38.0 Å². The van der Waals surface area contributed by atoms with Crippen LogP contribution in [0.3, 0.4) is 0 Å². The Morgan fingerprint density at radius 3 is 1.97 bits per heavy atom. The number of nitrogens with zero attached hydrogens (tertiary/aromatic N) is 4. The number of aromatic hydroxyl groups is 1. The molecule has 17 nitrogen and oxygen atoms in total. The van der Waals surface area contributed by atoms with Crippen LogP contribution in [0.25, 0.3) is 21.5 Å². The van der Waals surface area contributed by atoms with Crippen molar-refractivity contribution in [3.05, 3.63) is 133 Å². The highest BCUT2D eigenvalue weighted by atomic mass is 32.2. The van der Waals surface area contributed by atoms with Crippen molar-refractivity contribution in [2.45, 2.75) is 11.3 Å². The molecule has 0 fully saturated rings. The lowest BCUT2D eigenvalue weighted by Gasteiger charge is -2.14. The van der Waals surface area contributed by atoms with E-state index in [4.69, 9.17) is 18.8 Å². The first-order valence-corrected chi connectivity index (χ1v) is 21.9. The molecule has 0 unspecified atom stereocenters. The maximum absolute atomic E-state index is 13.4. The Bertz CT molecular complexity index is 3130. The first-order valence-electron chi connectivity index (χ1n) is 18.9. The molecule has 0 atom stereocenters. The Kier molecular flexibility index (Phi) is 12.9. The van der Waals surface area contributed by atoms with Crippen LogP contribution in [-0.2, 0) is 20.2 Å². The van der Waals surface area contributed by atoms with Gasteiger partial charge < -0.3 is 30.0 Å². The number of rotatable bonds is 16. The van der Waals surface area contributed by atoms with Crippen LogP contribution in [0.4, 0.5) is 39.8 Å². The summed E-state index contributed by atoms with van der Waals surface area (Å²) in [6.07, 6.45) is -0.0192. The fraction of sp³-hybridized carbons (Fsp3) is 0.114. The van der Waals surface area contributed by atoms with Gasteiger partial charge in [-0.05, 0) is 96.1 Å². The molecule has 1 amide bonds. The summed E-state index contributed by atoms with van der Waals surface area (Å²) in [5.74, 6) is -0.473. The summed E-state index contributed by atoms with van der Waals surface area (Å²) in [5, 5.41) is 36.2. The third kappa shape index (κ3) is 10.7. The number of methoxy groups -OCH3 is 2. The molecular weight excluding hydrogens is 853 g/mol. The molecule has 0 radical (unpaired) electrons. The van der Waals surface area contributed by atoms with Gasteiger partial charge in [-0.1, -0.05) is 36.4 Å². The number of fused-ring (bicyclic) bond motifs is 2. The van der Waals surface area contributed by atoms with Crippen molar-refractivity contribution in [1.82, 2.24) is 0 Å². The number of phenols is 1. The first kappa shape index (κ1) is 43.6. The molecule has 0 spiro atoms. The lowest BCUT2D eigenvalue weighted by Crippen LogP contribution is -2.15. The van der Waals surface area contributed by atoms with Gasteiger partial charge in [-0.25, -0.2) is 0 Å². The number of phenolic OH excluding ortho intramolecular Hbond substituents is 1. The number of amides is 1. The zero-order valence-corrected chi connectivity index (χ0v) is 35.1. The first-order chi connectivity index (χ1) is 30.2. The fourth-order valence-corrected chi connectivity index (χ4v) is 7.55. The molecule has 0 aliphatic heterocycles. The monoisotopic (exact) mass is 890 g/mol. The normalized spacial score (nSPS) is 11.9. The number of ether oxygens (including phenoxy) is 3. The highest BCUT2D eigenvalue weighted by Crippen LogP contribution is 2.43. The van der Waals surface area contributed by atoms with E-state index >= 15 is 0 Å². The van der Waals surface area contributed by atoms with Crippen molar-refractivity contribution >= 4 is 87.5 Å². The van der Waals surface area contributed by atoms with E-state index < -0.39 is 36.8 Å². The van der Waals surface area contributed by atoms with Crippen LogP contribution in [0.5, 0.6) is 23.0 Å². The molecule has 0 heterocycles. The Balaban J connectivity index is 1.06. The van der Waals surface area contributed by atoms with Crippen LogP contribution in [0, 0.1) is 0 Å². The van der Waals surface area contributed by atoms with Gasteiger partial charge in [0.1, 0.15) is 39.2 Å². The van der Waals surface area contributed by atoms with Gasteiger partial charge in [0, 0.05) is 39.8 Å². The minimum absolute atomic E-state index is 0.0192. The number of nitrogens with one attached hydrogen (secondary N) is 2. The number of carbonyl (C=O) groups is 1. The van der Waals surface area contributed by atoms with Crippen LogP contribution in [0.1, 0.15) is 16.8 Å². The van der Waals surface area contributed by atoms with E-state index in [0.29, 0.717) is 21.8 Å². The van der Waals surface area contributed by atoms with Gasteiger partial charge in [0.25, 0.3) is 26.1 Å². The fourth-order valence-electron chi connectivity index (χ4n) is 6.40. The number of anilines is 3. The van der Waals surface area contributed by atoms with Gasteiger partial charge in [-0.15, -0.1) is 15.3 Å². The van der Waals surface area contributed by atoms with Gasteiger partial charge in [0.2, 0.25) is 0 Å². The number of benzene rings is 7. The molecule has 0 saturated heterocycles. The van der Waals surface area contributed by atoms with Gasteiger partial charge in [-0.3, -0.25) is 13.9 Å². The maximum Gasteiger partial charge on any atom is 0.296 e. The van der Waals surface area contributed by atoms with Crippen LogP contribution in [-0.4, -0.2) is 63.5 Å². The molecule has 7 aromatic carbocycles. The standard InChI is InChI=1S/C44H38N6O11S2/c1-59-40-26-37(50-48-35-19-14-29-22-32(17-18-33(29)43(35)51)45-30-9-4-3-5-10-30)41(60-2)25-36(40)49-47-31-15-12-27(13-16-31)44(52)46-38-24-34-28(23-42(38)63(56,57)58)8-6-11-39(34)61-20-7-21-62(53,54)55/h3-6,8-19,22-26,45,51H,7,20-21H2,1-2H3,(H,46,52)(H,53,54,55)(H,56,57,58). The van der Waals surface area contributed by atoms with E-state index in [1.54, 1.807) is 42.5 Å². The maximum atomic E-state index is 13.4. The van der Waals surface area contributed by atoms with E-state index in [1.807, 2.05) is 48.5 Å². The average Bonchev–Trinajstić information content (AvgIpc) is 3.26. The van der Waals surface area contributed by atoms with E-state index in [2.05, 4.69) is 31.1 Å². The zero-order valence-electron chi connectivity index (χ0n) is 33.5. The molecule has 0 aromatic heterocycles. The summed E-state index contributed by atoms with van der Waals surface area (Å²) in [5.41, 5.74) is 2.80. The Morgan fingerprint density at radius 1 is 0.635 bits per heavy atom. The molecule has 63 heavy (non-hydrogen) atoms. The van der Waals surface area contributed by atoms with Gasteiger partial charge in [-0.2, -0.15) is 21.9 Å². The third-order valence-electron chi connectivity index (χ3n) is 9.45. The van der Waals surface area contributed by atoms with E-state index in [9.17, 15) is 31.3 Å². The Labute approximate surface area is 361 Å². The van der Waals surface area contributed by atoms with Crippen molar-refractivity contribution in [2.75, 3.05) is 37.2 Å². The number of azo groups is 2. The molecule has 0 bridgehead atoms. The van der Waals surface area contributed by atoms with Crippen molar-refractivity contribution < 1.29 is 50.1 Å². The van der Waals surface area contributed by atoms with Crippen molar-refractivity contribution in [1.29, 1.82) is 0 Å². The zero-order chi connectivity index (χ0) is 44.7. The molecule has 7 rings (SSSR count). The largest absolute Gasteiger partial charge is 0.505 e. The lowest BCUT2D eigenvalue weighted by molar-refractivity contribution is 0.102. The van der Waals surface area contributed by atoms with Crippen LogP contribution in [0.2, 0.25) is 0 Å². The smallest absolute Gasteiger partial charge is 0.296 e. The number of hydrogen-bond acceptors (Lipinski definition) is 14. The minimum atomic E-state index is -4.81. The quantitative estimate of drug-likeness (QED) is 0.0345. The summed E-state index contributed by atoms with van der Waals surface area (Å²) < 4.78 is 82.7. The molecule has 19 heteroatoms. The summed E-state index contributed by atoms with van der Waals surface area (Å²) in [7, 11) is -6.12. The molecule has 0 aliphatic carbocycles. The van der Waals surface area contributed by atoms with Crippen LogP contribution < -0.4 is 24.8 Å². The van der Waals surface area contributed by atoms with Gasteiger partial charge in [0.15, 0.2) is 5.75 Å². The SMILES string of the molecule is COc1cc(N=Nc2ccc3cc(Nc4ccccc4)ccc3c2O)c(OC)cc1N=Nc1ccc(C(=O)Nc2cc3c(OCCCS(=O)(=O)O)cccc3cc2S(=O)(=O)O)cc1. The van der Waals surface area contributed by atoms with Crippen LogP contribution in [0.15, 0.2) is 153 Å². The Morgan fingerprint density at radius 2 is 1.30 bits per heavy atom. The highest BCUT2D eigenvalue weighted by Gasteiger charge is 2.21. The summed E-state index contributed by atoms with van der Waals surface area (Å²) >= 11 is 0. The molecule has 5 N–H and O–H groups in total. The van der Waals surface area contributed by atoms with E-state index in [0.717, 1.165) is 16.8 Å². The van der Waals surface area contributed by atoms with E-state index in [-0.39, 0.29) is 64.3 Å². The van der Waals surface area contributed by atoms with Crippen molar-refractivity contribution in [3.63, 3.8) is 0 Å². The van der Waals surface area contributed by atoms with E-state index in [1.165, 1.54) is 50.6 Å². The number of para-hydroxylation sites is 1. The second-order valence-corrected chi connectivity index (χ2v) is 16.7. The second-order valence-electron chi connectivity index (χ2n) is 13.7. The number of carbonyl (C=O) groups excluding carboxylic acids is 1. The molecular formula is C44H38N6O11S2. The molecule has 322 valence electrons. The van der Waals surface area contributed by atoms with Crippen molar-refractivity contribution in [3.8, 4) is 23.0 Å². The highest BCUT2D eigenvalue weighted by molar-refractivity contribution is 7.86.